The highest BCUT2D eigenvalue weighted by molar-refractivity contribution is 5.87. The molecule has 2 aromatic heterocycles. The van der Waals surface area contributed by atoms with Gasteiger partial charge in [-0.3, -0.25) is 5.10 Å². The Labute approximate surface area is 93.9 Å². The summed E-state index contributed by atoms with van der Waals surface area (Å²) >= 11 is 0. The summed E-state index contributed by atoms with van der Waals surface area (Å²) in [5.41, 5.74) is 6.36. The SMILES string of the molecule is CCN(c1nc(N)nc2[nH]ncc12)C(C)C. The molecule has 0 saturated heterocycles. The first kappa shape index (κ1) is 10.7. The third-order valence-corrected chi connectivity index (χ3v) is 2.54. The van der Waals surface area contributed by atoms with Gasteiger partial charge in [-0.1, -0.05) is 0 Å². The van der Waals surface area contributed by atoms with Crippen molar-refractivity contribution in [3.63, 3.8) is 0 Å². The van der Waals surface area contributed by atoms with Gasteiger partial charge in [-0.25, -0.2) is 0 Å². The van der Waals surface area contributed by atoms with Gasteiger partial charge in [0.25, 0.3) is 0 Å². The van der Waals surface area contributed by atoms with Gasteiger partial charge in [0.2, 0.25) is 5.95 Å². The number of hydrogen-bond acceptors (Lipinski definition) is 5. The summed E-state index contributed by atoms with van der Waals surface area (Å²) in [4.78, 5) is 10.6. The molecule has 6 heteroatoms. The molecule has 0 radical (unpaired) electrons. The molecule has 0 amide bonds. The van der Waals surface area contributed by atoms with Gasteiger partial charge in [-0.2, -0.15) is 15.1 Å². The topological polar surface area (TPSA) is 83.7 Å². The number of fused-ring (bicyclic) bond motifs is 1. The normalized spacial score (nSPS) is 11.2. The molecule has 0 aliphatic carbocycles. The van der Waals surface area contributed by atoms with E-state index in [1.807, 2.05) is 0 Å². The second-order valence-electron chi connectivity index (χ2n) is 3.92. The average molecular weight is 220 g/mol. The zero-order chi connectivity index (χ0) is 11.7. The van der Waals surface area contributed by atoms with Crippen LogP contribution in [0.15, 0.2) is 6.20 Å². The van der Waals surface area contributed by atoms with E-state index in [9.17, 15) is 0 Å². The molecule has 0 saturated carbocycles. The molecule has 2 heterocycles. The van der Waals surface area contributed by atoms with Crippen LogP contribution in [0.3, 0.4) is 0 Å². The monoisotopic (exact) mass is 220 g/mol. The van der Waals surface area contributed by atoms with Crippen LogP contribution >= 0.6 is 0 Å². The van der Waals surface area contributed by atoms with E-state index < -0.39 is 0 Å². The first-order valence-corrected chi connectivity index (χ1v) is 5.36. The summed E-state index contributed by atoms with van der Waals surface area (Å²) < 4.78 is 0. The fraction of sp³-hybridized carbons (Fsp3) is 0.500. The molecule has 0 spiro atoms. The third-order valence-electron chi connectivity index (χ3n) is 2.54. The Hall–Kier alpha value is -1.85. The first-order chi connectivity index (χ1) is 7.63. The lowest BCUT2D eigenvalue weighted by atomic mass is 10.3. The van der Waals surface area contributed by atoms with Crippen molar-refractivity contribution in [2.75, 3.05) is 17.2 Å². The predicted octanol–water partition coefficient (Wildman–Crippen LogP) is 1.17. The minimum atomic E-state index is 0.269. The number of anilines is 2. The fourth-order valence-electron chi connectivity index (χ4n) is 1.81. The molecule has 0 fully saturated rings. The van der Waals surface area contributed by atoms with Crippen LogP contribution in [0, 0.1) is 0 Å². The van der Waals surface area contributed by atoms with Gasteiger partial charge in [0, 0.05) is 12.6 Å². The molecule has 0 aliphatic rings. The molecule has 2 aromatic rings. The first-order valence-electron chi connectivity index (χ1n) is 5.36. The largest absolute Gasteiger partial charge is 0.368 e. The number of hydrogen-bond donors (Lipinski definition) is 2. The van der Waals surface area contributed by atoms with Gasteiger partial charge in [-0.05, 0) is 20.8 Å². The van der Waals surface area contributed by atoms with Crippen molar-refractivity contribution in [1.29, 1.82) is 0 Å². The van der Waals surface area contributed by atoms with Crippen molar-refractivity contribution >= 4 is 22.8 Å². The summed E-state index contributed by atoms with van der Waals surface area (Å²) in [5.74, 6) is 1.11. The van der Waals surface area contributed by atoms with E-state index in [1.165, 1.54) is 0 Å². The maximum Gasteiger partial charge on any atom is 0.224 e. The van der Waals surface area contributed by atoms with E-state index in [4.69, 9.17) is 5.73 Å². The van der Waals surface area contributed by atoms with Crippen LogP contribution in [0.2, 0.25) is 0 Å². The Morgan fingerprint density at radius 2 is 2.19 bits per heavy atom. The van der Waals surface area contributed by atoms with E-state index in [0.29, 0.717) is 11.7 Å². The summed E-state index contributed by atoms with van der Waals surface area (Å²) in [6.45, 7) is 7.19. The van der Waals surface area contributed by atoms with Crippen molar-refractivity contribution < 1.29 is 0 Å². The zero-order valence-electron chi connectivity index (χ0n) is 9.73. The van der Waals surface area contributed by atoms with Crippen molar-refractivity contribution in [1.82, 2.24) is 20.2 Å². The molecule has 86 valence electrons. The number of aromatic amines is 1. The van der Waals surface area contributed by atoms with Gasteiger partial charge in [-0.15, -0.1) is 0 Å². The summed E-state index contributed by atoms with van der Waals surface area (Å²) in [7, 11) is 0. The van der Waals surface area contributed by atoms with Gasteiger partial charge in [0.15, 0.2) is 5.65 Å². The Morgan fingerprint density at radius 3 is 2.81 bits per heavy atom. The molecular formula is C10H16N6. The molecule has 3 N–H and O–H groups in total. The van der Waals surface area contributed by atoms with Crippen LogP contribution in [0.1, 0.15) is 20.8 Å². The van der Waals surface area contributed by atoms with E-state index in [0.717, 1.165) is 17.7 Å². The van der Waals surface area contributed by atoms with E-state index in [-0.39, 0.29) is 5.95 Å². The van der Waals surface area contributed by atoms with Crippen LogP contribution < -0.4 is 10.6 Å². The highest BCUT2D eigenvalue weighted by Crippen LogP contribution is 2.24. The Kier molecular flexibility index (Phi) is 2.64. The zero-order valence-corrected chi connectivity index (χ0v) is 9.73. The molecule has 2 rings (SSSR count). The highest BCUT2D eigenvalue weighted by Gasteiger charge is 2.16. The summed E-state index contributed by atoms with van der Waals surface area (Å²) in [6.07, 6.45) is 1.73. The molecule has 0 unspecified atom stereocenters. The van der Waals surface area contributed by atoms with Crippen LogP contribution in [0.25, 0.3) is 11.0 Å². The van der Waals surface area contributed by atoms with E-state index >= 15 is 0 Å². The lowest BCUT2D eigenvalue weighted by Crippen LogP contribution is -2.31. The lowest BCUT2D eigenvalue weighted by molar-refractivity contribution is 0.696. The van der Waals surface area contributed by atoms with Gasteiger partial charge in [0.1, 0.15) is 5.82 Å². The Bertz CT molecular complexity index is 489. The summed E-state index contributed by atoms with van der Waals surface area (Å²) in [6, 6.07) is 0.359. The van der Waals surface area contributed by atoms with Crippen molar-refractivity contribution in [3.05, 3.63) is 6.20 Å². The molecule has 0 atom stereocenters. The maximum absolute atomic E-state index is 5.68. The predicted molar refractivity (Wildman–Crippen MR) is 64.3 cm³/mol. The minimum Gasteiger partial charge on any atom is -0.368 e. The van der Waals surface area contributed by atoms with Crippen LogP contribution in [0.5, 0.6) is 0 Å². The van der Waals surface area contributed by atoms with Gasteiger partial charge < -0.3 is 10.6 Å². The molecule has 6 nitrogen and oxygen atoms in total. The smallest absolute Gasteiger partial charge is 0.224 e. The van der Waals surface area contributed by atoms with E-state index in [2.05, 4.69) is 45.8 Å². The minimum absolute atomic E-state index is 0.269. The number of rotatable bonds is 3. The standard InChI is InChI=1S/C10H16N6/c1-4-16(6(2)3)9-7-5-12-15-8(7)13-10(11)14-9/h5-6H,4H2,1-3H3,(H3,11,12,13,14,15). The van der Waals surface area contributed by atoms with Crippen LogP contribution in [-0.2, 0) is 0 Å². The van der Waals surface area contributed by atoms with Crippen LogP contribution in [-0.4, -0.2) is 32.8 Å². The van der Waals surface area contributed by atoms with Crippen LogP contribution in [0.4, 0.5) is 11.8 Å². The molecular weight excluding hydrogens is 204 g/mol. The van der Waals surface area contributed by atoms with Gasteiger partial charge in [0.05, 0.1) is 11.6 Å². The van der Waals surface area contributed by atoms with Crippen molar-refractivity contribution in [2.45, 2.75) is 26.8 Å². The van der Waals surface area contributed by atoms with Gasteiger partial charge >= 0.3 is 0 Å². The highest BCUT2D eigenvalue weighted by atomic mass is 15.2. The van der Waals surface area contributed by atoms with Crippen molar-refractivity contribution in [2.24, 2.45) is 0 Å². The number of nitrogens with one attached hydrogen (secondary N) is 1. The Morgan fingerprint density at radius 1 is 1.44 bits per heavy atom. The molecule has 0 bridgehead atoms. The number of aromatic nitrogens is 4. The average Bonchev–Trinajstić information content (AvgIpc) is 2.65. The fourth-order valence-corrected chi connectivity index (χ4v) is 1.81. The second-order valence-corrected chi connectivity index (χ2v) is 3.92. The molecule has 16 heavy (non-hydrogen) atoms. The van der Waals surface area contributed by atoms with Crippen molar-refractivity contribution in [3.8, 4) is 0 Å². The lowest BCUT2D eigenvalue weighted by Gasteiger charge is -2.26. The number of nitrogens with two attached hydrogens (primary N) is 1. The number of nitrogens with zero attached hydrogens (tertiary/aromatic N) is 4. The number of nitrogen functional groups attached to an aromatic ring is 1. The summed E-state index contributed by atoms with van der Waals surface area (Å²) in [5, 5.41) is 7.69. The third kappa shape index (κ3) is 1.66. The number of H-pyrrole nitrogens is 1. The molecule has 0 aromatic carbocycles. The second kappa shape index (κ2) is 3.96. The van der Waals surface area contributed by atoms with E-state index in [1.54, 1.807) is 6.20 Å². The quantitative estimate of drug-likeness (QED) is 0.811. The molecule has 0 aliphatic heterocycles. The Balaban J connectivity index is 2.61. The maximum atomic E-state index is 5.68.